The van der Waals surface area contributed by atoms with Crippen molar-refractivity contribution < 1.29 is 9.84 Å². The van der Waals surface area contributed by atoms with Crippen LogP contribution in [-0.4, -0.2) is 23.3 Å². The maximum Gasteiger partial charge on any atom is 0.217 e. The van der Waals surface area contributed by atoms with Crippen LogP contribution in [0.2, 0.25) is 0 Å². The topological polar surface area (TPSA) is 68.4 Å². The molecular formula is C9H14N2O2. The second kappa shape index (κ2) is 4.20. The quantitative estimate of drug-likeness (QED) is 0.713. The van der Waals surface area contributed by atoms with Gasteiger partial charge in [-0.05, 0) is 13.0 Å². The molecule has 3 N–H and O–H groups in total. The molecule has 1 aromatic rings. The lowest BCUT2D eigenvalue weighted by molar-refractivity contribution is 0.162. The summed E-state index contributed by atoms with van der Waals surface area (Å²) >= 11 is 0. The predicted molar refractivity (Wildman–Crippen MR) is 49.4 cm³/mol. The van der Waals surface area contributed by atoms with Crippen molar-refractivity contribution >= 4 is 0 Å². The van der Waals surface area contributed by atoms with Crippen molar-refractivity contribution in [1.29, 1.82) is 0 Å². The van der Waals surface area contributed by atoms with Gasteiger partial charge < -0.3 is 15.6 Å². The van der Waals surface area contributed by atoms with Crippen LogP contribution in [0.1, 0.15) is 18.5 Å². The Morgan fingerprint density at radius 3 is 2.85 bits per heavy atom. The van der Waals surface area contributed by atoms with Crippen LogP contribution in [0.4, 0.5) is 0 Å². The molecule has 1 rings (SSSR count). The van der Waals surface area contributed by atoms with Gasteiger partial charge in [0.15, 0.2) is 0 Å². The normalized spacial score (nSPS) is 15.1. The number of nitrogens with two attached hydrogens (primary N) is 1. The van der Waals surface area contributed by atoms with E-state index in [1.807, 2.05) is 0 Å². The summed E-state index contributed by atoms with van der Waals surface area (Å²) in [5, 5.41) is 9.29. The average molecular weight is 182 g/mol. The third-order valence-corrected chi connectivity index (χ3v) is 1.87. The minimum absolute atomic E-state index is 0.455. The molecule has 0 spiro atoms. The highest BCUT2D eigenvalue weighted by molar-refractivity contribution is 5.29. The molecule has 0 aliphatic rings. The Hall–Kier alpha value is -1.13. The summed E-state index contributed by atoms with van der Waals surface area (Å²) in [6.45, 7) is 1.64. The largest absolute Gasteiger partial charge is 0.481 e. The highest BCUT2D eigenvalue weighted by atomic mass is 16.5. The first-order valence-electron chi connectivity index (χ1n) is 4.09. The summed E-state index contributed by atoms with van der Waals surface area (Å²) in [5.74, 6) is 0.468. The second-order valence-corrected chi connectivity index (χ2v) is 2.87. The number of aromatic nitrogens is 1. The molecule has 0 aliphatic heterocycles. The van der Waals surface area contributed by atoms with E-state index in [4.69, 9.17) is 10.5 Å². The molecule has 0 saturated heterocycles. The van der Waals surface area contributed by atoms with E-state index >= 15 is 0 Å². The summed E-state index contributed by atoms with van der Waals surface area (Å²) in [4.78, 5) is 3.99. The molecule has 1 aromatic heterocycles. The highest BCUT2D eigenvalue weighted by Crippen LogP contribution is 2.22. The Balaban J connectivity index is 2.98. The Labute approximate surface area is 77.4 Å². The summed E-state index contributed by atoms with van der Waals surface area (Å²) in [5.41, 5.74) is 6.47. The van der Waals surface area contributed by atoms with Gasteiger partial charge in [0.1, 0.15) is 0 Å². The minimum Gasteiger partial charge on any atom is -0.481 e. The number of aliphatic hydroxyl groups excluding tert-OH is 1. The van der Waals surface area contributed by atoms with Crippen LogP contribution in [0, 0.1) is 0 Å². The molecule has 2 atom stereocenters. The third-order valence-electron chi connectivity index (χ3n) is 1.87. The molecule has 0 aromatic carbocycles. The third kappa shape index (κ3) is 2.17. The molecule has 0 aliphatic carbocycles. The molecule has 0 fully saturated rings. The zero-order valence-electron chi connectivity index (χ0n) is 7.77. The van der Waals surface area contributed by atoms with E-state index in [1.165, 1.54) is 7.11 Å². The molecule has 0 saturated carbocycles. The van der Waals surface area contributed by atoms with Crippen LogP contribution in [0.25, 0.3) is 0 Å². The van der Waals surface area contributed by atoms with Crippen LogP contribution in [0.15, 0.2) is 18.3 Å². The highest BCUT2D eigenvalue weighted by Gasteiger charge is 2.16. The number of hydrogen-bond acceptors (Lipinski definition) is 4. The molecule has 13 heavy (non-hydrogen) atoms. The van der Waals surface area contributed by atoms with Crippen molar-refractivity contribution in [2.24, 2.45) is 5.73 Å². The van der Waals surface area contributed by atoms with E-state index in [2.05, 4.69) is 4.98 Å². The van der Waals surface area contributed by atoms with Crippen molar-refractivity contribution in [2.45, 2.75) is 19.1 Å². The van der Waals surface area contributed by atoms with E-state index in [0.717, 1.165) is 5.56 Å². The first-order chi connectivity index (χ1) is 6.16. The summed E-state index contributed by atoms with van der Waals surface area (Å²) in [6.07, 6.45) is 1.01. The van der Waals surface area contributed by atoms with E-state index in [-0.39, 0.29) is 0 Å². The smallest absolute Gasteiger partial charge is 0.217 e. The first-order valence-corrected chi connectivity index (χ1v) is 4.09. The molecule has 4 nitrogen and oxygen atoms in total. The SMILES string of the molecule is COc1ncccc1[C@H](N)[C@@H](C)O. The van der Waals surface area contributed by atoms with Gasteiger partial charge in [0, 0.05) is 11.8 Å². The van der Waals surface area contributed by atoms with Crippen molar-refractivity contribution in [3.63, 3.8) is 0 Å². The Bertz CT molecular complexity index is 276. The molecule has 72 valence electrons. The fourth-order valence-electron chi connectivity index (χ4n) is 1.09. The lowest BCUT2D eigenvalue weighted by atomic mass is 10.1. The van der Waals surface area contributed by atoms with Gasteiger partial charge in [-0.25, -0.2) is 4.98 Å². The zero-order chi connectivity index (χ0) is 9.84. The maximum atomic E-state index is 9.29. The summed E-state index contributed by atoms with van der Waals surface area (Å²) in [7, 11) is 1.53. The lowest BCUT2D eigenvalue weighted by Gasteiger charge is -2.16. The summed E-state index contributed by atoms with van der Waals surface area (Å²) < 4.78 is 5.01. The predicted octanol–water partition coefficient (Wildman–Crippen LogP) is 0.471. The van der Waals surface area contributed by atoms with Crippen molar-refractivity contribution in [2.75, 3.05) is 7.11 Å². The molecule has 0 amide bonds. The fourth-order valence-corrected chi connectivity index (χ4v) is 1.09. The van der Waals surface area contributed by atoms with Crippen LogP contribution in [0.3, 0.4) is 0 Å². The standard InChI is InChI=1S/C9H14N2O2/c1-6(12)8(10)7-4-3-5-11-9(7)13-2/h3-6,8,12H,10H2,1-2H3/t6-,8-/m1/s1. The van der Waals surface area contributed by atoms with E-state index < -0.39 is 12.1 Å². The fraction of sp³-hybridized carbons (Fsp3) is 0.444. The monoisotopic (exact) mass is 182 g/mol. The maximum absolute atomic E-state index is 9.29. The Morgan fingerprint density at radius 2 is 2.31 bits per heavy atom. The van der Waals surface area contributed by atoms with Crippen LogP contribution >= 0.6 is 0 Å². The van der Waals surface area contributed by atoms with E-state index in [0.29, 0.717) is 5.88 Å². The van der Waals surface area contributed by atoms with Crippen molar-refractivity contribution in [3.8, 4) is 5.88 Å². The molecule has 0 unspecified atom stereocenters. The van der Waals surface area contributed by atoms with Gasteiger partial charge >= 0.3 is 0 Å². The average Bonchev–Trinajstić information content (AvgIpc) is 2.16. The lowest BCUT2D eigenvalue weighted by Crippen LogP contribution is -2.23. The van der Waals surface area contributed by atoms with Crippen molar-refractivity contribution in [1.82, 2.24) is 4.98 Å². The number of pyridine rings is 1. The van der Waals surface area contributed by atoms with Crippen LogP contribution < -0.4 is 10.5 Å². The van der Waals surface area contributed by atoms with E-state index in [9.17, 15) is 5.11 Å². The number of ether oxygens (including phenoxy) is 1. The number of nitrogens with zero attached hydrogens (tertiary/aromatic N) is 1. The summed E-state index contributed by atoms with van der Waals surface area (Å²) in [6, 6.07) is 3.10. The van der Waals surface area contributed by atoms with E-state index in [1.54, 1.807) is 25.3 Å². The van der Waals surface area contributed by atoms with Gasteiger partial charge in [0.2, 0.25) is 5.88 Å². The minimum atomic E-state index is -0.613. The van der Waals surface area contributed by atoms with Gasteiger partial charge in [0.05, 0.1) is 19.3 Å². The Morgan fingerprint density at radius 1 is 1.62 bits per heavy atom. The molecule has 0 bridgehead atoms. The molecule has 4 heteroatoms. The molecule has 1 heterocycles. The number of methoxy groups -OCH3 is 1. The second-order valence-electron chi connectivity index (χ2n) is 2.87. The number of rotatable bonds is 3. The van der Waals surface area contributed by atoms with Gasteiger partial charge in [-0.1, -0.05) is 6.07 Å². The van der Waals surface area contributed by atoms with Crippen molar-refractivity contribution in [3.05, 3.63) is 23.9 Å². The van der Waals surface area contributed by atoms with Gasteiger partial charge in [0.25, 0.3) is 0 Å². The Kier molecular flexibility index (Phi) is 3.22. The first kappa shape index (κ1) is 9.95. The number of aliphatic hydroxyl groups is 1. The zero-order valence-corrected chi connectivity index (χ0v) is 7.77. The van der Waals surface area contributed by atoms with Gasteiger partial charge in [-0.15, -0.1) is 0 Å². The van der Waals surface area contributed by atoms with Crippen LogP contribution in [0.5, 0.6) is 5.88 Å². The molecule has 0 radical (unpaired) electrons. The number of hydrogen-bond donors (Lipinski definition) is 2. The van der Waals surface area contributed by atoms with Gasteiger partial charge in [-0.2, -0.15) is 0 Å². The molecular weight excluding hydrogens is 168 g/mol. The van der Waals surface area contributed by atoms with Gasteiger partial charge in [-0.3, -0.25) is 0 Å². The van der Waals surface area contributed by atoms with Crippen LogP contribution in [-0.2, 0) is 0 Å².